The molecule has 1 aliphatic heterocycles. The summed E-state index contributed by atoms with van der Waals surface area (Å²) in [5.74, 6) is 0.959. The summed E-state index contributed by atoms with van der Waals surface area (Å²) in [6.45, 7) is 2.89. The van der Waals surface area contributed by atoms with Gasteiger partial charge in [-0.05, 0) is 43.5 Å². The van der Waals surface area contributed by atoms with Crippen LogP contribution in [0.15, 0.2) is 24.3 Å². The van der Waals surface area contributed by atoms with Crippen molar-refractivity contribution in [2.24, 2.45) is 5.92 Å². The number of anilines is 1. The molecule has 1 N–H and O–H groups in total. The number of sulfone groups is 1. The Kier molecular flexibility index (Phi) is 4.70. The van der Waals surface area contributed by atoms with Gasteiger partial charge in [0.2, 0.25) is 0 Å². The Morgan fingerprint density at radius 3 is 2.45 bits per heavy atom. The predicted molar refractivity (Wildman–Crippen MR) is 83.9 cm³/mol. The average Bonchev–Trinajstić information content (AvgIpc) is 2.75. The minimum absolute atomic E-state index is 0.245. The molecule has 0 spiro atoms. The lowest BCUT2D eigenvalue weighted by molar-refractivity contribution is 0.476. The van der Waals surface area contributed by atoms with Gasteiger partial charge in [-0.3, -0.25) is 0 Å². The molecule has 0 amide bonds. The fourth-order valence-corrected chi connectivity index (χ4v) is 4.42. The van der Waals surface area contributed by atoms with Crippen molar-refractivity contribution in [2.75, 3.05) is 37.0 Å². The van der Waals surface area contributed by atoms with Crippen LogP contribution in [0.4, 0.5) is 5.69 Å². The van der Waals surface area contributed by atoms with Crippen LogP contribution in [0.3, 0.4) is 0 Å². The molecule has 1 heterocycles. The summed E-state index contributed by atoms with van der Waals surface area (Å²) < 4.78 is 22.8. The van der Waals surface area contributed by atoms with E-state index in [1.54, 1.807) is 0 Å². The molecular weight excluding hydrogens is 272 g/mol. The van der Waals surface area contributed by atoms with Crippen LogP contribution in [-0.2, 0) is 9.84 Å². The van der Waals surface area contributed by atoms with Gasteiger partial charge in [-0.25, -0.2) is 8.42 Å². The van der Waals surface area contributed by atoms with E-state index in [2.05, 4.69) is 41.4 Å². The Balaban J connectivity index is 1.87. The van der Waals surface area contributed by atoms with Gasteiger partial charge in [0.25, 0.3) is 0 Å². The van der Waals surface area contributed by atoms with Gasteiger partial charge in [0.05, 0.1) is 11.5 Å². The quantitative estimate of drug-likeness (QED) is 0.901. The van der Waals surface area contributed by atoms with E-state index in [9.17, 15) is 8.42 Å². The molecule has 0 radical (unpaired) electrons. The standard InChI is InChI=1S/C15H24N2O2S/c1-12(14-4-6-15(7-5-14)17(2)3)16-10-13-8-9-20(18,19)11-13/h4-7,12-13,16H,8-11H2,1-3H3. The van der Waals surface area contributed by atoms with E-state index in [0.29, 0.717) is 11.5 Å². The highest BCUT2D eigenvalue weighted by Crippen LogP contribution is 2.20. The van der Waals surface area contributed by atoms with Crippen molar-refractivity contribution < 1.29 is 8.42 Å². The van der Waals surface area contributed by atoms with Gasteiger partial charge < -0.3 is 10.2 Å². The predicted octanol–water partition coefficient (Wildman–Crippen LogP) is 1.84. The Morgan fingerprint density at radius 2 is 1.95 bits per heavy atom. The number of hydrogen-bond acceptors (Lipinski definition) is 4. The minimum Gasteiger partial charge on any atom is -0.378 e. The molecule has 2 unspecified atom stereocenters. The van der Waals surface area contributed by atoms with Crippen LogP contribution >= 0.6 is 0 Å². The summed E-state index contributed by atoms with van der Waals surface area (Å²) >= 11 is 0. The smallest absolute Gasteiger partial charge is 0.150 e. The minimum atomic E-state index is -2.77. The highest BCUT2D eigenvalue weighted by atomic mass is 32.2. The molecule has 0 saturated carbocycles. The maximum absolute atomic E-state index is 11.4. The number of rotatable bonds is 5. The molecule has 4 nitrogen and oxygen atoms in total. The first-order valence-corrected chi connectivity index (χ1v) is 8.90. The second kappa shape index (κ2) is 6.14. The molecule has 1 fully saturated rings. The third-order valence-corrected chi connectivity index (χ3v) is 5.79. The second-order valence-corrected chi connectivity index (χ2v) is 8.11. The van der Waals surface area contributed by atoms with Gasteiger partial charge in [0.15, 0.2) is 9.84 Å². The highest BCUT2D eigenvalue weighted by molar-refractivity contribution is 7.91. The lowest BCUT2D eigenvalue weighted by Gasteiger charge is -2.18. The lowest BCUT2D eigenvalue weighted by atomic mass is 10.1. The molecular formula is C15H24N2O2S. The number of nitrogens with one attached hydrogen (secondary N) is 1. The summed E-state index contributed by atoms with van der Waals surface area (Å²) in [7, 11) is 1.28. The van der Waals surface area contributed by atoms with Crippen LogP contribution in [0.5, 0.6) is 0 Å². The maximum Gasteiger partial charge on any atom is 0.150 e. The van der Waals surface area contributed by atoms with Gasteiger partial charge in [-0.1, -0.05) is 12.1 Å². The fourth-order valence-electron chi connectivity index (χ4n) is 2.56. The lowest BCUT2D eigenvalue weighted by Crippen LogP contribution is -2.26. The Bertz CT molecular complexity index is 537. The van der Waals surface area contributed by atoms with E-state index in [1.807, 2.05) is 14.1 Å². The summed E-state index contributed by atoms with van der Waals surface area (Å²) in [6.07, 6.45) is 0.793. The number of hydrogen-bond donors (Lipinski definition) is 1. The van der Waals surface area contributed by atoms with Gasteiger partial charge >= 0.3 is 0 Å². The summed E-state index contributed by atoms with van der Waals surface area (Å²) in [4.78, 5) is 2.07. The van der Waals surface area contributed by atoms with E-state index in [1.165, 1.54) is 11.3 Å². The van der Waals surface area contributed by atoms with Crippen molar-refractivity contribution in [3.05, 3.63) is 29.8 Å². The van der Waals surface area contributed by atoms with Gasteiger partial charge in [-0.2, -0.15) is 0 Å². The molecule has 1 saturated heterocycles. The van der Waals surface area contributed by atoms with Gasteiger partial charge in [-0.15, -0.1) is 0 Å². The third kappa shape index (κ3) is 3.96. The van der Waals surface area contributed by atoms with Crippen LogP contribution in [0.25, 0.3) is 0 Å². The molecule has 1 aromatic rings. The molecule has 1 aromatic carbocycles. The fraction of sp³-hybridized carbons (Fsp3) is 0.600. The number of nitrogens with zero attached hydrogens (tertiary/aromatic N) is 1. The zero-order chi connectivity index (χ0) is 14.8. The van der Waals surface area contributed by atoms with E-state index in [4.69, 9.17) is 0 Å². The Labute approximate surface area is 122 Å². The molecule has 0 aromatic heterocycles. The van der Waals surface area contributed by atoms with E-state index >= 15 is 0 Å². The molecule has 1 aliphatic rings. The third-order valence-electron chi connectivity index (χ3n) is 3.95. The molecule has 0 bridgehead atoms. The van der Waals surface area contributed by atoms with Crippen molar-refractivity contribution in [1.82, 2.24) is 5.32 Å². The average molecular weight is 296 g/mol. The van der Waals surface area contributed by atoms with Crippen LogP contribution in [0.2, 0.25) is 0 Å². The summed E-state index contributed by atoms with van der Waals surface area (Å²) in [5.41, 5.74) is 2.42. The largest absolute Gasteiger partial charge is 0.378 e. The topological polar surface area (TPSA) is 49.4 Å². The molecule has 2 rings (SSSR count). The van der Waals surface area contributed by atoms with Crippen LogP contribution < -0.4 is 10.2 Å². The van der Waals surface area contributed by atoms with Gasteiger partial charge in [0.1, 0.15) is 0 Å². The first kappa shape index (κ1) is 15.3. The molecule has 2 atom stereocenters. The van der Waals surface area contributed by atoms with Crippen LogP contribution in [-0.4, -0.2) is 40.6 Å². The molecule has 20 heavy (non-hydrogen) atoms. The highest BCUT2D eigenvalue weighted by Gasteiger charge is 2.27. The van der Waals surface area contributed by atoms with E-state index < -0.39 is 9.84 Å². The zero-order valence-corrected chi connectivity index (χ0v) is 13.3. The van der Waals surface area contributed by atoms with Crippen LogP contribution in [0.1, 0.15) is 24.9 Å². The first-order chi connectivity index (χ1) is 9.37. The maximum atomic E-state index is 11.4. The Hall–Kier alpha value is -1.07. The normalized spacial score (nSPS) is 22.6. The van der Waals surface area contributed by atoms with E-state index in [0.717, 1.165) is 13.0 Å². The Morgan fingerprint density at radius 1 is 1.30 bits per heavy atom. The van der Waals surface area contributed by atoms with Crippen molar-refractivity contribution in [3.8, 4) is 0 Å². The SMILES string of the molecule is CC(NCC1CCS(=O)(=O)C1)c1ccc(N(C)C)cc1. The van der Waals surface area contributed by atoms with Crippen molar-refractivity contribution in [1.29, 1.82) is 0 Å². The first-order valence-electron chi connectivity index (χ1n) is 7.08. The van der Waals surface area contributed by atoms with E-state index in [-0.39, 0.29) is 12.0 Å². The summed E-state index contributed by atoms with van der Waals surface area (Å²) in [5, 5.41) is 3.45. The zero-order valence-electron chi connectivity index (χ0n) is 12.5. The van der Waals surface area contributed by atoms with Crippen molar-refractivity contribution in [2.45, 2.75) is 19.4 Å². The van der Waals surface area contributed by atoms with Crippen molar-refractivity contribution in [3.63, 3.8) is 0 Å². The second-order valence-electron chi connectivity index (χ2n) is 5.88. The summed E-state index contributed by atoms with van der Waals surface area (Å²) in [6, 6.07) is 8.70. The molecule has 0 aliphatic carbocycles. The molecule has 5 heteroatoms. The van der Waals surface area contributed by atoms with Crippen LogP contribution in [0, 0.1) is 5.92 Å². The monoisotopic (exact) mass is 296 g/mol. The van der Waals surface area contributed by atoms with Gasteiger partial charge in [0, 0.05) is 25.8 Å². The molecule has 112 valence electrons. The van der Waals surface area contributed by atoms with Crippen molar-refractivity contribution >= 4 is 15.5 Å². The number of benzene rings is 1.